The van der Waals surface area contributed by atoms with Crippen LogP contribution in [-0.2, 0) is 19.2 Å². The standard InChI is InChI=1S/C41H66O5/c1-26(2)10-9-11-27(3)32-14-15-33-31-13-12-28-24-29(16-21-39(28,7)34(31)18-22-40(32,33)8)43-36(42)44-35-19-20-38(6)25-30-17-23-41(38,46-45-30)37(35,4)5/h12,26-27,29-35H,9-11,13-25H2,1-8H3/t27-,29?,30?,31-,32+,33-,34-,35?,38?,39-,40+,41?/m0/s1. The lowest BCUT2D eigenvalue weighted by Crippen LogP contribution is -2.71. The van der Waals surface area contributed by atoms with Gasteiger partial charge in [0.1, 0.15) is 17.8 Å². The van der Waals surface area contributed by atoms with E-state index < -0.39 is 11.8 Å². The van der Waals surface area contributed by atoms with E-state index in [2.05, 4.69) is 61.5 Å². The predicted molar refractivity (Wildman–Crippen MR) is 182 cm³/mol. The molecule has 5 nitrogen and oxygen atoms in total. The maximum absolute atomic E-state index is 13.4. The summed E-state index contributed by atoms with van der Waals surface area (Å²) in [4.78, 5) is 25.4. The van der Waals surface area contributed by atoms with Gasteiger partial charge < -0.3 is 9.47 Å². The Balaban J connectivity index is 0.975. The van der Waals surface area contributed by atoms with E-state index in [0.717, 1.165) is 86.9 Å². The summed E-state index contributed by atoms with van der Waals surface area (Å²) >= 11 is 0. The number of hydrogen-bond donors (Lipinski definition) is 0. The first-order valence-electron chi connectivity index (χ1n) is 19.6. The monoisotopic (exact) mass is 638 g/mol. The Morgan fingerprint density at radius 1 is 0.891 bits per heavy atom. The molecule has 12 atom stereocenters. The highest BCUT2D eigenvalue weighted by atomic mass is 17.2. The van der Waals surface area contributed by atoms with Gasteiger partial charge in [0.05, 0.1) is 6.10 Å². The van der Waals surface area contributed by atoms with Crippen LogP contribution in [0.25, 0.3) is 0 Å². The summed E-state index contributed by atoms with van der Waals surface area (Å²) in [5.41, 5.74) is 1.62. The van der Waals surface area contributed by atoms with Crippen LogP contribution in [0, 0.1) is 57.2 Å². The van der Waals surface area contributed by atoms with Crippen LogP contribution in [0.3, 0.4) is 0 Å². The van der Waals surface area contributed by atoms with E-state index in [1.54, 1.807) is 5.57 Å². The molecule has 2 heterocycles. The molecule has 0 amide bonds. The van der Waals surface area contributed by atoms with Crippen LogP contribution in [0.1, 0.15) is 158 Å². The molecular weight excluding hydrogens is 572 g/mol. The Morgan fingerprint density at radius 2 is 1.70 bits per heavy atom. The van der Waals surface area contributed by atoms with E-state index in [-0.39, 0.29) is 34.6 Å². The van der Waals surface area contributed by atoms with Crippen LogP contribution < -0.4 is 0 Å². The van der Waals surface area contributed by atoms with E-state index in [9.17, 15) is 4.79 Å². The number of carbonyl (C=O) groups excluding carboxylic acids is 1. The van der Waals surface area contributed by atoms with Crippen molar-refractivity contribution in [3.63, 3.8) is 0 Å². The van der Waals surface area contributed by atoms with Crippen molar-refractivity contribution in [3.8, 4) is 0 Å². The number of allylic oxidation sites excluding steroid dienone is 1. The van der Waals surface area contributed by atoms with E-state index in [1.807, 2.05) is 0 Å². The van der Waals surface area contributed by atoms with Crippen molar-refractivity contribution in [1.29, 1.82) is 0 Å². The molecule has 2 aliphatic heterocycles. The van der Waals surface area contributed by atoms with Crippen molar-refractivity contribution in [2.75, 3.05) is 0 Å². The van der Waals surface area contributed by atoms with Gasteiger partial charge >= 0.3 is 6.16 Å². The average molecular weight is 639 g/mol. The molecule has 2 bridgehead atoms. The van der Waals surface area contributed by atoms with Gasteiger partial charge in [-0.2, -0.15) is 0 Å². The van der Waals surface area contributed by atoms with Crippen LogP contribution in [0.5, 0.6) is 0 Å². The molecule has 5 saturated carbocycles. The maximum atomic E-state index is 13.4. The van der Waals surface area contributed by atoms with Gasteiger partial charge in [0.25, 0.3) is 0 Å². The zero-order chi connectivity index (χ0) is 32.7. The fourth-order valence-electron chi connectivity index (χ4n) is 13.6. The number of fused-ring (bicyclic) bond motifs is 7. The third kappa shape index (κ3) is 5.08. The van der Waals surface area contributed by atoms with Gasteiger partial charge in [-0.05, 0) is 123 Å². The molecule has 8 aliphatic rings. The molecule has 8 rings (SSSR count). The van der Waals surface area contributed by atoms with Crippen LogP contribution in [0.15, 0.2) is 11.6 Å². The lowest BCUT2D eigenvalue weighted by molar-refractivity contribution is -0.496. The second kappa shape index (κ2) is 11.8. The number of rotatable bonds is 7. The molecular formula is C41H66O5. The summed E-state index contributed by atoms with van der Waals surface area (Å²) in [5.74, 6) is 5.04. The van der Waals surface area contributed by atoms with Crippen molar-refractivity contribution in [2.24, 2.45) is 57.2 Å². The highest BCUT2D eigenvalue weighted by Crippen LogP contribution is 2.68. The van der Waals surface area contributed by atoms with Gasteiger partial charge in [-0.3, -0.25) is 0 Å². The molecule has 6 aliphatic carbocycles. The van der Waals surface area contributed by atoms with Gasteiger partial charge in [-0.1, -0.05) is 86.3 Å². The molecule has 0 aromatic rings. The zero-order valence-corrected chi connectivity index (χ0v) is 30.6. The van der Waals surface area contributed by atoms with Crippen LogP contribution in [-0.4, -0.2) is 30.1 Å². The lowest BCUT2D eigenvalue weighted by Gasteiger charge is -2.66. The molecule has 0 radical (unpaired) electrons. The zero-order valence-electron chi connectivity index (χ0n) is 30.6. The van der Waals surface area contributed by atoms with E-state index in [0.29, 0.717) is 5.41 Å². The Morgan fingerprint density at radius 3 is 2.43 bits per heavy atom. The summed E-state index contributed by atoms with van der Waals surface area (Å²) in [6, 6.07) is 0. The van der Waals surface area contributed by atoms with Crippen LogP contribution in [0.4, 0.5) is 4.79 Å². The Kier molecular flexibility index (Phi) is 8.55. The van der Waals surface area contributed by atoms with E-state index in [4.69, 9.17) is 19.2 Å². The molecule has 0 N–H and O–H groups in total. The second-order valence-electron chi connectivity index (χ2n) is 19.3. The Hall–Kier alpha value is -1.07. The fraction of sp³-hybridized carbons (Fsp3) is 0.927. The highest BCUT2D eigenvalue weighted by Gasteiger charge is 2.70. The van der Waals surface area contributed by atoms with Crippen molar-refractivity contribution < 1.29 is 24.0 Å². The third-order valence-electron chi connectivity index (χ3n) is 16.4. The molecule has 5 unspecified atom stereocenters. The first-order valence-corrected chi connectivity index (χ1v) is 19.6. The molecule has 2 saturated heterocycles. The summed E-state index contributed by atoms with van der Waals surface area (Å²) in [6.07, 6.45) is 20.9. The number of hydrogen-bond acceptors (Lipinski definition) is 5. The average Bonchev–Trinajstić information content (AvgIpc) is 3.36. The minimum absolute atomic E-state index is 0.0578. The first-order chi connectivity index (χ1) is 21.7. The van der Waals surface area contributed by atoms with E-state index in [1.165, 1.54) is 51.4 Å². The fourth-order valence-corrected chi connectivity index (χ4v) is 13.6. The van der Waals surface area contributed by atoms with Crippen molar-refractivity contribution in [1.82, 2.24) is 0 Å². The van der Waals surface area contributed by atoms with Gasteiger partial charge in [-0.15, -0.1) is 0 Å². The molecule has 46 heavy (non-hydrogen) atoms. The maximum Gasteiger partial charge on any atom is 0.508 e. The Labute approximate surface area is 280 Å². The van der Waals surface area contributed by atoms with Gasteiger partial charge in [0.15, 0.2) is 0 Å². The topological polar surface area (TPSA) is 54.0 Å². The first kappa shape index (κ1) is 33.4. The van der Waals surface area contributed by atoms with Crippen LogP contribution in [0.2, 0.25) is 0 Å². The molecule has 7 fully saturated rings. The molecule has 1 spiro atoms. The van der Waals surface area contributed by atoms with Crippen molar-refractivity contribution >= 4 is 6.16 Å². The largest absolute Gasteiger partial charge is 0.508 e. The summed E-state index contributed by atoms with van der Waals surface area (Å²) in [7, 11) is 0. The molecule has 0 aromatic heterocycles. The quantitative estimate of drug-likeness (QED) is 0.158. The summed E-state index contributed by atoms with van der Waals surface area (Å²) < 4.78 is 12.4. The summed E-state index contributed by atoms with van der Waals surface area (Å²) in [5, 5.41) is 0. The smallest absolute Gasteiger partial charge is 0.431 e. The lowest BCUT2D eigenvalue weighted by atomic mass is 9.47. The number of ether oxygens (including phenoxy) is 2. The highest BCUT2D eigenvalue weighted by molar-refractivity contribution is 5.60. The van der Waals surface area contributed by atoms with Crippen molar-refractivity contribution in [3.05, 3.63) is 11.6 Å². The molecule has 260 valence electrons. The Bertz CT molecular complexity index is 1180. The van der Waals surface area contributed by atoms with Crippen molar-refractivity contribution in [2.45, 2.75) is 182 Å². The molecule has 5 heteroatoms. The second-order valence-corrected chi connectivity index (χ2v) is 19.3. The number of carbonyl (C=O) groups is 1. The van der Waals surface area contributed by atoms with Gasteiger partial charge in [0, 0.05) is 17.3 Å². The third-order valence-corrected chi connectivity index (χ3v) is 16.4. The molecule has 0 aromatic carbocycles. The predicted octanol–water partition coefficient (Wildman–Crippen LogP) is 11.0. The van der Waals surface area contributed by atoms with E-state index >= 15 is 0 Å². The van der Waals surface area contributed by atoms with Gasteiger partial charge in [0.2, 0.25) is 0 Å². The van der Waals surface area contributed by atoms with Crippen LogP contribution >= 0.6 is 0 Å². The summed E-state index contributed by atoms with van der Waals surface area (Å²) in [6.45, 7) is 19.3. The van der Waals surface area contributed by atoms with Gasteiger partial charge in [-0.25, -0.2) is 14.6 Å². The SMILES string of the molecule is CC(C)CCC[C@H](C)[C@H]1CC[C@H]2[C@@H]3CC=C4CC(OC(=O)OC5CCC6(C)CC7CCC6(OO7)C5(C)C)CC[C@]4(C)[C@H]3CC[C@]12C. The minimum atomic E-state index is -0.487. The minimum Gasteiger partial charge on any atom is -0.431 e. The normalized spacial score (nSPS) is 48.0.